The van der Waals surface area contributed by atoms with E-state index in [-0.39, 0.29) is 24.4 Å². The minimum Gasteiger partial charge on any atom is -0.490 e. The Bertz CT molecular complexity index is 808. The first-order valence-electron chi connectivity index (χ1n) is 9.75. The molecule has 0 spiro atoms. The minimum atomic E-state index is -0.199. The second kappa shape index (κ2) is 9.40. The van der Waals surface area contributed by atoms with Crippen LogP contribution < -0.4 is 4.74 Å². The number of likely N-dealkylation sites (tertiary alicyclic amines) is 1. The van der Waals surface area contributed by atoms with E-state index in [0.717, 1.165) is 16.9 Å². The summed E-state index contributed by atoms with van der Waals surface area (Å²) in [6.07, 6.45) is 1.27. The lowest BCUT2D eigenvalue weighted by molar-refractivity contribution is -0.150. The number of hydrogen-bond acceptors (Lipinski definition) is 4. The Morgan fingerprint density at radius 1 is 0.964 bits per heavy atom. The van der Waals surface area contributed by atoms with Crippen LogP contribution in [0, 0.1) is 19.8 Å². The number of aryl methyl sites for hydroxylation is 2. The molecule has 0 bridgehead atoms. The van der Waals surface area contributed by atoms with Crippen molar-refractivity contribution in [1.82, 2.24) is 4.90 Å². The number of amides is 1. The Hall–Kier alpha value is -2.82. The van der Waals surface area contributed by atoms with Gasteiger partial charge in [0.25, 0.3) is 5.91 Å². The summed E-state index contributed by atoms with van der Waals surface area (Å²) in [6.45, 7) is 5.68. The van der Waals surface area contributed by atoms with Crippen LogP contribution in [-0.2, 0) is 9.53 Å². The molecule has 1 aliphatic rings. The van der Waals surface area contributed by atoms with Gasteiger partial charge in [0.15, 0.2) is 0 Å². The number of benzene rings is 2. The Kier molecular flexibility index (Phi) is 6.69. The van der Waals surface area contributed by atoms with Gasteiger partial charge in [0.05, 0.1) is 5.92 Å². The molecule has 0 radical (unpaired) electrons. The van der Waals surface area contributed by atoms with Gasteiger partial charge < -0.3 is 14.4 Å². The van der Waals surface area contributed by atoms with Gasteiger partial charge in [-0.2, -0.15) is 0 Å². The largest absolute Gasteiger partial charge is 0.490 e. The maximum atomic E-state index is 12.7. The first-order chi connectivity index (χ1) is 13.5. The molecule has 1 saturated heterocycles. The molecule has 2 aromatic carbocycles. The summed E-state index contributed by atoms with van der Waals surface area (Å²) in [6, 6.07) is 15.4. The number of rotatable bonds is 6. The number of esters is 1. The topological polar surface area (TPSA) is 55.8 Å². The van der Waals surface area contributed by atoms with Gasteiger partial charge in [-0.1, -0.05) is 35.9 Å². The number of carbonyl (C=O) groups excluding carboxylic acids is 2. The molecule has 0 N–H and O–H groups in total. The van der Waals surface area contributed by atoms with Crippen LogP contribution in [0.3, 0.4) is 0 Å². The highest BCUT2D eigenvalue weighted by molar-refractivity contribution is 5.95. The van der Waals surface area contributed by atoms with Gasteiger partial charge in [0, 0.05) is 18.7 Å². The quantitative estimate of drug-likeness (QED) is 0.564. The van der Waals surface area contributed by atoms with E-state index in [1.54, 1.807) is 0 Å². The van der Waals surface area contributed by atoms with Crippen molar-refractivity contribution in [3.8, 4) is 5.75 Å². The summed E-state index contributed by atoms with van der Waals surface area (Å²) in [5.74, 6) is 0.455. The number of ether oxygens (including phenoxy) is 2. The van der Waals surface area contributed by atoms with Crippen molar-refractivity contribution in [2.24, 2.45) is 5.92 Å². The Labute approximate surface area is 166 Å². The van der Waals surface area contributed by atoms with Crippen LogP contribution >= 0.6 is 0 Å². The summed E-state index contributed by atoms with van der Waals surface area (Å²) in [5, 5.41) is 0. The zero-order valence-corrected chi connectivity index (χ0v) is 16.5. The standard InChI is InChI=1S/C23H27NO4/c1-17-7-9-20(10-8-17)27-15-16-28-23(26)19-11-13-24(14-12-19)22(25)21-6-4-3-5-18(21)2/h3-10,19H,11-16H2,1-2H3. The van der Waals surface area contributed by atoms with E-state index in [1.165, 1.54) is 5.56 Å². The van der Waals surface area contributed by atoms with Crippen LogP contribution in [0.15, 0.2) is 48.5 Å². The van der Waals surface area contributed by atoms with Gasteiger partial charge in [-0.3, -0.25) is 9.59 Å². The average molecular weight is 381 g/mol. The van der Waals surface area contributed by atoms with Crippen molar-refractivity contribution < 1.29 is 19.1 Å². The van der Waals surface area contributed by atoms with E-state index in [9.17, 15) is 9.59 Å². The highest BCUT2D eigenvalue weighted by Gasteiger charge is 2.29. The predicted octanol–water partition coefficient (Wildman–Crippen LogP) is 3.78. The van der Waals surface area contributed by atoms with E-state index < -0.39 is 0 Å². The summed E-state index contributed by atoms with van der Waals surface area (Å²) >= 11 is 0. The Balaban J connectivity index is 1.39. The molecule has 0 aromatic heterocycles. The molecule has 5 nitrogen and oxygen atoms in total. The van der Waals surface area contributed by atoms with Gasteiger partial charge in [-0.15, -0.1) is 0 Å². The molecule has 0 unspecified atom stereocenters. The number of nitrogens with zero attached hydrogens (tertiary/aromatic N) is 1. The lowest BCUT2D eigenvalue weighted by Gasteiger charge is -2.31. The van der Waals surface area contributed by atoms with E-state index >= 15 is 0 Å². The smallest absolute Gasteiger partial charge is 0.309 e. The van der Waals surface area contributed by atoms with Crippen molar-refractivity contribution in [1.29, 1.82) is 0 Å². The maximum Gasteiger partial charge on any atom is 0.309 e. The van der Waals surface area contributed by atoms with Crippen LogP contribution in [0.5, 0.6) is 5.75 Å². The molecule has 0 saturated carbocycles. The number of carbonyl (C=O) groups is 2. The highest BCUT2D eigenvalue weighted by atomic mass is 16.6. The molecule has 2 aromatic rings. The molecule has 28 heavy (non-hydrogen) atoms. The van der Waals surface area contributed by atoms with Crippen molar-refractivity contribution in [2.75, 3.05) is 26.3 Å². The molecule has 3 rings (SSSR count). The monoisotopic (exact) mass is 381 g/mol. The second-order valence-corrected chi connectivity index (χ2v) is 7.21. The molecular formula is C23H27NO4. The normalized spacial score (nSPS) is 14.6. The first-order valence-corrected chi connectivity index (χ1v) is 9.75. The van der Waals surface area contributed by atoms with E-state index in [2.05, 4.69) is 0 Å². The average Bonchev–Trinajstić information content (AvgIpc) is 2.72. The first kappa shape index (κ1) is 19.9. The van der Waals surface area contributed by atoms with Crippen LogP contribution in [0.25, 0.3) is 0 Å². The van der Waals surface area contributed by atoms with E-state index in [0.29, 0.717) is 32.5 Å². The second-order valence-electron chi connectivity index (χ2n) is 7.21. The fraction of sp³-hybridized carbons (Fsp3) is 0.391. The zero-order chi connectivity index (χ0) is 19.9. The van der Waals surface area contributed by atoms with E-state index in [1.807, 2.05) is 67.3 Å². The zero-order valence-electron chi connectivity index (χ0n) is 16.5. The number of piperidine rings is 1. The molecule has 1 fully saturated rings. The Morgan fingerprint density at radius 3 is 2.32 bits per heavy atom. The predicted molar refractivity (Wildman–Crippen MR) is 107 cm³/mol. The van der Waals surface area contributed by atoms with Gasteiger partial charge in [-0.05, 0) is 50.5 Å². The van der Waals surface area contributed by atoms with Crippen molar-refractivity contribution >= 4 is 11.9 Å². The summed E-state index contributed by atoms with van der Waals surface area (Å²) < 4.78 is 10.9. The summed E-state index contributed by atoms with van der Waals surface area (Å²) in [7, 11) is 0. The van der Waals surface area contributed by atoms with Crippen LogP contribution in [-0.4, -0.2) is 43.1 Å². The highest BCUT2D eigenvalue weighted by Crippen LogP contribution is 2.21. The molecule has 1 aliphatic heterocycles. The number of hydrogen-bond donors (Lipinski definition) is 0. The Morgan fingerprint density at radius 2 is 1.64 bits per heavy atom. The molecule has 0 aliphatic carbocycles. The third-order valence-electron chi connectivity index (χ3n) is 5.11. The van der Waals surface area contributed by atoms with Gasteiger partial charge in [0.2, 0.25) is 0 Å². The minimum absolute atomic E-state index is 0.0383. The van der Waals surface area contributed by atoms with Crippen molar-refractivity contribution in [2.45, 2.75) is 26.7 Å². The lowest BCUT2D eigenvalue weighted by Crippen LogP contribution is -2.41. The maximum absolute atomic E-state index is 12.7. The third-order valence-corrected chi connectivity index (χ3v) is 5.11. The van der Waals surface area contributed by atoms with Gasteiger partial charge >= 0.3 is 5.97 Å². The van der Waals surface area contributed by atoms with E-state index in [4.69, 9.17) is 9.47 Å². The van der Waals surface area contributed by atoms with Crippen LogP contribution in [0.2, 0.25) is 0 Å². The summed E-state index contributed by atoms with van der Waals surface area (Å²) in [4.78, 5) is 26.8. The SMILES string of the molecule is Cc1ccc(OCCOC(=O)C2CCN(C(=O)c3ccccc3C)CC2)cc1. The molecule has 0 atom stereocenters. The summed E-state index contributed by atoms with van der Waals surface area (Å²) in [5.41, 5.74) is 2.88. The van der Waals surface area contributed by atoms with Crippen molar-refractivity contribution in [3.05, 3.63) is 65.2 Å². The molecule has 148 valence electrons. The lowest BCUT2D eigenvalue weighted by atomic mass is 9.96. The van der Waals surface area contributed by atoms with Gasteiger partial charge in [0.1, 0.15) is 19.0 Å². The molecule has 1 heterocycles. The molecule has 1 amide bonds. The third kappa shape index (κ3) is 5.12. The van der Waals surface area contributed by atoms with Crippen LogP contribution in [0.4, 0.5) is 0 Å². The fourth-order valence-corrected chi connectivity index (χ4v) is 3.36. The van der Waals surface area contributed by atoms with Crippen molar-refractivity contribution in [3.63, 3.8) is 0 Å². The van der Waals surface area contributed by atoms with Crippen LogP contribution in [0.1, 0.15) is 34.3 Å². The molecule has 5 heteroatoms. The fourth-order valence-electron chi connectivity index (χ4n) is 3.36. The van der Waals surface area contributed by atoms with Gasteiger partial charge in [-0.25, -0.2) is 0 Å². The molecular weight excluding hydrogens is 354 g/mol.